The molecule has 1 aliphatic rings. The highest BCUT2D eigenvalue weighted by Gasteiger charge is 2.20. The van der Waals surface area contributed by atoms with E-state index in [1.54, 1.807) is 0 Å². The van der Waals surface area contributed by atoms with Crippen molar-refractivity contribution >= 4 is 5.78 Å². The predicted octanol–water partition coefficient (Wildman–Crippen LogP) is 1.45. The zero-order chi connectivity index (χ0) is 7.14. The fraction of sp³-hybridized carbons (Fsp3) is 0.375. The molecule has 0 saturated heterocycles. The van der Waals surface area contributed by atoms with E-state index in [0.29, 0.717) is 6.42 Å². The highest BCUT2D eigenvalue weighted by atomic mass is 16.1. The number of ketones is 1. The first-order valence-electron chi connectivity index (χ1n) is 3.49. The summed E-state index contributed by atoms with van der Waals surface area (Å²) in [5.41, 5.74) is 3.14. The number of hydrogen-bond acceptors (Lipinski definition) is 1. The van der Waals surface area contributed by atoms with E-state index in [4.69, 9.17) is 0 Å². The standard InChI is InChI=1S/C8H9NO/c1-5-4-6-2-3-7(10)8(6)9-5/h4,9H,2-3H2,1H3. The molecular formula is C8H9NO. The molecule has 0 bridgehead atoms. The average molecular weight is 135 g/mol. The van der Waals surface area contributed by atoms with Crippen molar-refractivity contribution in [3.8, 4) is 0 Å². The predicted molar refractivity (Wildman–Crippen MR) is 38.2 cm³/mol. The van der Waals surface area contributed by atoms with Gasteiger partial charge in [-0.2, -0.15) is 0 Å². The molecule has 0 radical (unpaired) electrons. The molecule has 0 fully saturated rings. The first kappa shape index (κ1) is 5.71. The monoisotopic (exact) mass is 135 g/mol. The molecule has 0 aromatic carbocycles. The van der Waals surface area contributed by atoms with Crippen LogP contribution >= 0.6 is 0 Å². The molecule has 1 aromatic heterocycles. The lowest BCUT2D eigenvalue weighted by Crippen LogP contribution is -1.91. The third-order valence-electron chi connectivity index (χ3n) is 1.93. The first-order valence-corrected chi connectivity index (χ1v) is 3.49. The van der Waals surface area contributed by atoms with Gasteiger partial charge in [0.25, 0.3) is 0 Å². The van der Waals surface area contributed by atoms with E-state index in [9.17, 15) is 4.79 Å². The SMILES string of the molecule is Cc1cc2c([nH]1)C(=O)CC2. The van der Waals surface area contributed by atoms with Gasteiger partial charge < -0.3 is 4.98 Å². The highest BCUT2D eigenvalue weighted by Crippen LogP contribution is 2.21. The average Bonchev–Trinajstić information content (AvgIpc) is 2.35. The smallest absolute Gasteiger partial charge is 0.179 e. The summed E-state index contributed by atoms with van der Waals surface area (Å²) >= 11 is 0. The van der Waals surface area contributed by atoms with E-state index >= 15 is 0 Å². The Bertz CT molecular complexity index is 285. The Hall–Kier alpha value is -1.05. The summed E-state index contributed by atoms with van der Waals surface area (Å²) < 4.78 is 0. The number of nitrogens with one attached hydrogen (secondary N) is 1. The van der Waals surface area contributed by atoms with Crippen LogP contribution in [0, 0.1) is 6.92 Å². The summed E-state index contributed by atoms with van der Waals surface area (Å²) in [5.74, 6) is 0.267. The van der Waals surface area contributed by atoms with Crippen molar-refractivity contribution in [3.63, 3.8) is 0 Å². The number of rotatable bonds is 0. The molecule has 0 spiro atoms. The number of H-pyrrole nitrogens is 1. The van der Waals surface area contributed by atoms with Gasteiger partial charge in [-0.3, -0.25) is 4.79 Å². The summed E-state index contributed by atoms with van der Waals surface area (Å²) in [5, 5.41) is 0. The van der Waals surface area contributed by atoms with Gasteiger partial charge in [0.15, 0.2) is 5.78 Å². The number of carbonyl (C=O) groups excluding carboxylic acids is 1. The number of fused-ring (bicyclic) bond motifs is 1. The zero-order valence-corrected chi connectivity index (χ0v) is 5.90. The molecule has 2 rings (SSSR count). The van der Waals surface area contributed by atoms with Crippen molar-refractivity contribution in [2.45, 2.75) is 19.8 Å². The van der Waals surface area contributed by atoms with E-state index in [1.807, 2.05) is 6.92 Å². The van der Waals surface area contributed by atoms with Crippen LogP contribution in [-0.4, -0.2) is 10.8 Å². The third-order valence-corrected chi connectivity index (χ3v) is 1.93. The molecule has 2 nitrogen and oxygen atoms in total. The van der Waals surface area contributed by atoms with Gasteiger partial charge in [0.2, 0.25) is 0 Å². The molecule has 0 saturated carbocycles. The van der Waals surface area contributed by atoms with Crippen LogP contribution in [0.15, 0.2) is 6.07 Å². The Balaban J connectivity index is 2.59. The van der Waals surface area contributed by atoms with E-state index in [0.717, 1.165) is 17.8 Å². The second-order valence-corrected chi connectivity index (χ2v) is 2.78. The van der Waals surface area contributed by atoms with E-state index in [2.05, 4.69) is 11.1 Å². The molecule has 0 amide bonds. The largest absolute Gasteiger partial charge is 0.356 e. The van der Waals surface area contributed by atoms with Crippen molar-refractivity contribution in [3.05, 3.63) is 23.0 Å². The van der Waals surface area contributed by atoms with Gasteiger partial charge in [-0.05, 0) is 25.0 Å². The van der Waals surface area contributed by atoms with Crippen LogP contribution < -0.4 is 0 Å². The number of Topliss-reactive ketones (excluding diaryl/α,β-unsaturated/α-hetero) is 1. The van der Waals surface area contributed by atoms with Gasteiger partial charge >= 0.3 is 0 Å². The Morgan fingerprint density at radius 2 is 2.30 bits per heavy atom. The van der Waals surface area contributed by atoms with Crippen LogP contribution in [0.3, 0.4) is 0 Å². The molecule has 1 heterocycles. The van der Waals surface area contributed by atoms with E-state index in [1.165, 1.54) is 5.56 Å². The second kappa shape index (κ2) is 1.72. The fourth-order valence-corrected chi connectivity index (χ4v) is 1.47. The Kier molecular flexibility index (Phi) is 0.982. The topological polar surface area (TPSA) is 32.9 Å². The van der Waals surface area contributed by atoms with Gasteiger partial charge in [-0.25, -0.2) is 0 Å². The molecule has 1 aromatic rings. The van der Waals surface area contributed by atoms with Gasteiger partial charge in [-0.15, -0.1) is 0 Å². The van der Waals surface area contributed by atoms with Crippen LogP contribution in [0.1, 0.15) is 28.2 Å². The molecule has 10 heavy (non-hydrogen) atoms. The second-order valence-electron chi connectivity index (χ2n) is 2.78. The lowest BCUT2D eigenvalue weighted by molar-refractivity contribution is 0.0990. The fourth-order valence-electron chi connectivity index (χ4n) is 1.47. The Labute approximate surface area is 59.3 Å². The molecule has 2 heteroatoms. The summed E-state index contributed by atoms with van der Waals surface area (Å²) in [7, 11) is 0. The molecule has 1 aliphatic carbocycles. The van der Waals surface area contributed by atoms with Crippen LogP contribution in [0.2, 0.25) is 0 Å². The van der Waals surface area contributed by atoms with Crippen molar-refractivity contribution in [1.29, 1.82) is 0 Å². The van der Waals surface area contributed by atoms with Crippen molar-refractivity contribution in [1.82, 2.24) is 4.98 Å². The van der Waals surface area contributed by atoms with Gasteiger partial charge in [0.05, 0.1) is 5.69 Å². The number of hydrogen-bond donors (Lipinski definition) is 1. The number of carbonyl (C=O) groups is 1. The molecule has 0 aliphatic heterocycles. The van der Waals surface area contributed by atoms with Crippen molar-refractivity contribution in [2.75, 3.05) is 0 Å². The molecule has 0 unspecified atom stereocenters. The molecular weight excluding hydrogens is 126 g/mol. The molecule has 52 valence electrons. The number of aromatic amines is 1. The number of aryl methyl sites for hydroxylation is 2. The maximum atomic E-state index is 11.0. The highest BCUT2D eigenvalue weighted by molar-refractivity contribution is 5.98. The number of aromatic nitrogens is 1. The normalized spacial score (nSPS) is 15.9. The minimum absolute atomic E-state index is 0.267. The quantitative estimate of drug-likeness (QED) is 0.573. The lowest BCUT2D eigenvalue weighted by Gasteiger charge is -1.84. The summed E-state index contributed by atoms with van der Waals surface area (Å²) in [6, 6.07) is 2.06. The van der Waals surface area contributed by atoms with Gasteiger partial charge in [0.1, 0.15) is 0 Å². The van der Waals surface area contributed by atoms with Gasteiger partial charge in [-0.1, -0.05) is 0 Å². The summed E-state index contributed by atoms with van der Waals surface area (Å²) in [6.07, 6.45) is 1.62. The molecule has 1 N–H and O–H groups in total. The van der Waals surface area contributed by atoms with E-state index < -0.39 is 0 Å². The first-order chi connectivity index (χ1) is 4.77. The zero-order valence-electron chi connectivity index (χ0n) is 5.90. The van der Waals surface area contributed by atoms with Crippen molar-refractivity contribution < 1.29 is 4.79 Å². The van der Waals surface area contributed by atoms with Crippen LogP contribution in [-0.2, 0) is 6.42 Å². The Morgan fingerprint density at radius 1 is 1.50 bits per heavy atom. The van der Waals surface area contributed by atoms with Crippen LogP contribution in [0.4, 0.5) is 0 Å². The minimum Gasteiger partial charge on any atom is -0.356 e. The summed E-state index contributed by atoms with van der Waals surface area (Å²) in [6.45, 7) is 1.98. The molecule has 0 atom stereocenters. The Morgan fingerprint density at radius 3 is 3.00 bits per heavy atom. The summed E-state index contributed by atoms with van der Waals surface area (Å²) in [4.78, 5) is 14.1. The maximum absolute atomic E-state index is 11.0. The van der Waals surface area contributed by atoms with E-state index in [-0.39, 0.29) is 5.78 Å². The maximum Gasteiger partial charge on any atom is 0.179 e. The minimum atomic E-state index is 0.267. The lowest BCUT2D eigenvalue weighted by atomic mass is 10.2. The van der Waals surface area contributed by atoms with Crippen LogP contribution in [0.5, 0.6) is 0 Å². The van der Waals surface area contributed by atoms with Gasteiger partial charge in [0, 0.05) is 12.1 Å². The third kappa shape index (κ3) is 0.618. The van der Waals surface area contributed by atoms with Crippen LogP contribution in [0.25, 0.3) is 0 Å². The van der Waals surface area contributed by atoms with Crippen molar-refractivity contribution in [2.24, 2.45) is 0 Å².